The van der Waals surface area contributed by atoms with Crippen molar-refractivity contribution in [2.75, 3.05) is 33.9 Å². The maximum atomic E-state index is 11.9. The molecular weight excluding hydrogens is 414 g/mol. The van der Waals surface area contributed by atoms with E-state index in [4.69, 9.17) is 9.47 Å². The van der Waals surface area contributed by atoms with Crippen LogP contribution in [0.15, 0.2) is 66.9 Å². The number of methoxy groups -OCH3 is 2. The van der Waals surface area contributed by atoms with Gasteiger partial charge in [0.05, 0.1) is 19.8 Å². The minimum atomic E-state index is -0.994. The van der Waals surface area contributed by atoms with Crippen LogP contribution < -0.4 is 9.47 Å². The Kier molecular flexibility index (Phi) is 6.04. The van der Waals surface area contributed by atoms with Crippen molar-refractivity contribution in [3.05, 3.63) is 83.6 Å². The molecule has 6 nitrogen and oxygen atoms in total. The van der Waals surface area contributed by atoms with Gasteiger partial charge in [-0.1, -0.05) is 60.7 Å². The lowest BCUT2D eigenvalue weighted by Gasteiger charge is -2.32. The van der Waals surface area contributed by atoms with E-state index in [-0.39, 0.29) is 17.8 Å². The standard InChI is InChI=1S/C27H31N3O3/c1-32-25-23(15-28-26(29-25)33-2)27(31)14-13-21-16-30(18-24(21)27)17-22(19-9-5-3-6-10-19)20-11-7-4-8-12-20/h3-12,15,21-22,24,31H,13-14,16-18H2,1-2H3/t21-,24+,27+/m1/s1. The monoisotopic (exact) mass is 445 g/mol. The van der Waals surface area contributed by atoms with Crippen LogP contribution in [-0.2, 0) is 5.60 Å². The van der Waals surface area contributed by atoms with Crippen LogP contribution in [0.1, 0.15) is 35.4 Å². The number of rotatable bonds is 7. The molecule has 2 fully saturated rings. The number of aromatic nitrogens is 2. The van der Waals surface area contributed by atoms with Crippen molar-refractivity contribution in [1.29, 1.82) is 0 Å². The quantitative estimate of drug-likeness (QED) is 0.596. The second-order valence-electron chi connectivity index (χ2n) is 9.20. The molecule has 6 heteroatoms. The van der Waals surface area contributed by atoms with Crippen LogP contribution in [0.2, 0.25) is 0 Å². The van der Waals surface area contributed by atoms with Gasteiger partial charge >= 0.3 is 6.01 Å². The minimum Gasteiger partial charge on any atom is -0.481 e. The van der Waals surface area contributed by atoms with Crippen LogP contribution in [0, 0.1) is 11.8 Å². The molecule has 5 rings (SSSR count). The lowest BCUT2D eigenvalue weighted by Crippen LogP contribution is -2.36. The van der Waals surface area contributed by atoms with Crippen molar-refractivity contribution in [2.45, 2.75) is 24.4 Å². The highest BCUT2D eigenvalue weighted by Gasteiger charge is 2.54. The summed E-state index contributed by atoms with van der Waals surface area (Å²) in [6.45, 7) is 2.75. The summed E-state index contributed by atoms with van der Waals surface area (Å²) in [5.41, 5.74) is 2.32. The van der Waals surface area contributed by atoms with Gasteiger partial charge in [-0.3, -0.25) is 0 Å². The number of likely N-dealkylation sites (tertiary alicyclic amines) is 1. The predicted octanol–water partition coefficient (Wildman–Crippen LogP) is 3.86. The molecule has 2 aromatic carbocycles. The topological polar surface area (TPSA) is 67.7 Å². The van der Waals surface area contributed by atoms with Gasteiger partial charge in [-0.05, 0) is 29.9 Å². The maximum absolute atomic E-state index is 11.9. The fraction of sp³-hybridized carbons (Fsp3) is 0.407. The summed E-state index contributed by atoms with van der Waals surface area (Å²) in [4.78, 5) is 11.1. The molecule has 0 amide bonds. The SMILES string of the molecule is COc1ncc([C@@]2(O)CC[C@@H]3CN(CC(c4ccccc4)c4ccccc4)C[C@@H]32)c(OC)n1. The van der Waals surface area contributed by atoms with Crippen LogP contribution in [0.3, 0.4) is 0 Å². The summed E-state index contributed by atoms with van der Waals surface area (Å²) < 4.78 is 10.7. The number of hydrogen-bond acceptors (Lipinski definition) is 6. The van der Waals surface area contributed by atoms with E-state index < -0.39 is 5.60 Å². The van der Waals surface area contributed by atoms with E-state index in [2.05, 4.69) is 75.5 Å². The average molecular weight is 446 g/mol. The van der Waals surface area contributed by atoms with Crippen LogP contribution >= 0.6 is 0 Å². The molecular formula is C27H31N3O3. The molecule has 172 valence electrons. The maximum Gasteiger partial charge on any atom is 0.319 e. The Labute approximate surface area is 195 Å². The van der Waals surface area contributed by atoms with Crippen molar-refractivity contribution in [3.63, 3.8) is 0 Å². The first kappa shape index (κ1) is 21.9. The average Bonchev–Trinajstić information content (AvgIpc) is 3.43. The van der Waals surface area contributed by atoms with E-state index >= 15 is 0 Å². The smallest absolute Gasteiger partial charge is 0.319 e. The van der Waals surface area contributed by atoms with E-state index in [1.165, 1.54) is 18.2 Å². The van der Waals surface area contributed by atoms with Gasteiger partial charge < -0.3 is 19.5 Å². The molecule has 2 heterocycles. The molecule has 1 aromatic heterocycles. The molecule has 0 bridgehead atoms. The van der Waals surface area contributed by atoms with Crippen molar-refractivity contribution < 1.29 is 14.6 Å². The van der Waals surface area contributed by atoms with Gasteiger partial charge in [0.25, 0.3) is 0 Å². The highest BCUT2D eigenvalue weighted by Crippen LogP contribution is 2.52. The Balaban J connectivity index is 1.39. The van der Waals surface area contributed by atoms with E-state index in [1.807, 2.05) is 0 Å². The molecule has 33 heavy (non-hydrogen) atoms. The van der Waals surface area contributed by atoms with Crippen LogP contribution in [0.25, 0.3) is 0 Å². The zero-order valence-electron chi connectivity index (χ0n) is 19.2. The number of aliphatic hydroxyl groups is 1. The Hall–Kier alpha value is -2.96. The Bertz CT molecular complexity index is 1040. The molecule has 1 aliphatic heterocycles. The van der Waals surface area contributed by atoms with Gasteiger partial charge in [0.1, 0.15) is 5.60 Å². The van der Waals surface area contributed by atoms with E-state index in [0.717, 1.165) is 26.1 Å². The summed E-state index contributed by atoms with van der Waals surface area (Å²) in [6, 6.07) is 21.7. The van der Waals surface area contributed by atoms with Crippen LogP contribution in [0.4, 0.5) is 0 Å². The number of hydrogen-bond donors (Lipinski definition) is 1. The highest BCUT2D eigenvalue weighted by atomic mass is 16.5. The molecule has 1 saturated carbocycles. The predicted molar refractivity (Wildman–Crippen MR) is 126 cm³/mol. The van der Waals surface area contributed by atoms with Gasteiger partial charge in [-0.25, -0.2) is 4.98 Å². The largest absolute Gasteiger partial charge is 0.481 e. The fourth-order valence-electron chi connectivity index (χ4n) is 5.80. The lowest BCUT2D eigenvalue weighted by molar-refractivity contribution is -0.00950. The van der Waals surface area contributed by atoms with Gasteiger partial charge in [-0.15, -0.1) is 0 Å². The first-order chi connectivity index (χ1) is 16.1. The van der Waals surface area contributed by atoms with E-state index in [9.17, 15) is 5.11 Å². The van der Waals surface area contributed by atoms with Gasteiger partial charge in [0, 0.05) is 37.7 Å². The second kappa shape index (κ2) is 9.12. The zero-order chi connectivity index (χ0) is 22.8. The molecule has 2 aliphatic rings. The van der Waals surface area contributed by atoms with Gasteiger partial charge in [0.2, 0.25) is 5.88 Å². The van der Waals surface area contributed by atoms with Crippen molar-refractivity contribution in [3.8, 4) is 11.9 Å². The number of fused-ring (bicyclic) bond motifs is 1. The van der Waals surface area contributed by atoms with Crippen LogP contribution in [-0.4, -0.2) is 53.8 Å². The third-order valence-corrected chi connectivity index (χ3v) is 7.44. The lowest BCUT2D eigenvalue weighted by atomic mass is 9.83. The van der Waals surface area contributed by atoms with Gasteiger partial charge in [0.15, 0.2) is 0 Å². The Morgan fingerprint density at radius 3 is 2.27 bits per heavy atom. The summed E-state index contributed by atoms with van der Waals surface area (Å²) in [6.07, 6.45) is 3.35. The number of benzene rings is 2. The molecule has 1 aliphatic carbocycles. The molecule has 0 unspecified atom stereocenters. The number of nitrogens with zero attached hydrogens (tertiary/aromatic N) is 3. The zero-order valence-corrected chi connectivity index (χ0v) is 19.2. The molecule has 1 N–H and O–H groups in total. The Morgan fingerprint density at radius 1 is 1.00 bits per heavy atom. The summed E-state index contributed by atoms with van der Waals surface area (Å²) in [5, 5.41) is 11.9. The third-order valence-electron chi connectivity index (χ3n) is 7.44. The minimum absolute atomic E-state index is 0.121. The van der Waals surface area contributed by atoms with Crippen molar-refractivity contribution in [1.82, 2.24) is 14.9 Å². The Morgan fingerprint density at radius 2 is 1.67 bits per heavy atom. The molecule has 3 atom stereocenters. The summed E-state index contributed by atoms with van der Waals surface area (Å²) >= 11 is 0. The molecule has 3 aromatic rings. The fourth-order valence-corrected chi connectivity index (χ4v) is 5.80. The van der Waals surface area contributed by atoms with Crippen molar-refractivity contribution in [2.24, 2.45) is 11.8 Å². The number of ether oxygens (including phenoxy) is 2. The summed E-state index contributed by atoms with van der Waals surface area (Å²) in [7, 11) is 3.10. The molecule has 0 spiro atoms. The van der Waals surface area contributed by atoms with Crippen molar-refractivity contribution >= 4 is 0 Å². The van der Waals surface area contributed by atoms with Gasteiger partial charge in [-0.2, -0.15) is 4.98 Å². The van der Waals surface area contributed by atoms with E-state index in [0.29, 0.717) is 23.8 Å². The second-order valence-corrected chi connectivity index (χ2v) is 9.20. The molecule has 1 saturated heterocycles. The highest BCUT2D eigenvalue weighted by molar-refractivity contribution is 5.35. The normalized spacial score (nSPS) is 24.7. The first-order valence-electron chi connectivity index (χ1n) is 11.6. The first-order valence-corrected chi connectivity index (χ1v) is 11.6. The van der Waals surface area contributed by atoms with Crippen LogP contribution in [0.5, 0.6) is 11.9 Å². The van der Waals surface area contributed by atoms with E-state index in [1.54, 1.807) is 13.3 Å². The third kappa shape index (κ3) is 4.09. The summed E-state index contributed by atoms with van der Waals surface area (Å²) in [5.74, 6) is 1.25. The molecule has 0 radical (unpaired) electrons.